The molecule has 4 saturated carbocycles. The van der Waals surface area contributed by atoms with Crippen LogP contribution in [-0.4, -0.2) is 10.7 Å². The maximum atomic E-state index is 10.6. The third-order valence-electron chi connectivity index (χ3n) is 5.75. The molecule has 1 aromatic carbocycles. The Morgan fingerprint density at radius 3 is 2.28 bits per heavy atom. The van der Waals surface area contributed by atoms with Crippen LogP contribution in [-0.2, 0) is 6.42 Å². The van der Waals surface area contributed by atoms with Crippen molar-refractivity contribution in [1.82, 2.24) is 0 Å². The van der Waals surface area contributed by atoms with Gasteiger partial charge in [-0.05, 0) is 67.8 Å². The average molecular weight is 242 g/mol. The first kappa shape index (κ1) is 11.0. The molecule has 4 aliphatic carbocycles. The minimum atomic E-state index is -0.274. The lowest BCUT2D eigenvalue weighted by Gasteiger charge is -2.58. The molecule has 0 aliphatic heterocycles. The van der Waals surface area contributed by atoms with Crippen LogP contribution in [0.3, 0.4) is 0 Å². The molecule has 0 saturated heterocycles. The van der Waals surface area contributed by atoms with E-state index in [2.05, 4.69) is 30.3 Å². The van der Waals surface area contributed by atoms with Crippen LogP contribution in [0, 0.1) is 23.7 Å². The van der Waals surface area contributed by atoms with Crippen LogP contribution in [0.15, 0.2) is 30.3 Å². The first-order chi connectivity index (χ1) is 8.72. The van der Waals surface area contributed by atoms with Crippen molar-refractivity contribution in [2.45, 2.75) is 44.1 Å². The van der Waals surface area contributed by atoms with Crippen molar-refractivity contribution in [1.29, 1.82) is 0 Å². The SMILES string of the molecule is O[C@]12CC3CC(C1)[C@H](Cc1ccccc1)C(C3)C2. The first-order valence-corrected chi connectivity index (χ1v) is 7.48. The van der Waals surface area contributed by atoms with Crippen molar-refractivity contribution in [2.24, 2.45) is 23.7 Å². The normalized spacial score (nSPS) is 45.4. The Morgan fingerprint density at radius 2 is 1.67 bits per heavy atom. The second kappa shape index (κ2) is 3.84. The van der Waals surface area contributed by atoms with E-state index in [-0.39, 0.29) is 5.60 Å². The molecule has 0 amide bonds. The van der Waals surface area contributed by atoms with Crippen LogP contribution in [0.4, 0.5) is 0 Å². The van der Waals surface area contributed by atoms with Gasteiger partial charge in [-0.15, -0.1) is 0 Å². The van der Waals surface area contributed by atoms with Gasteiger partial charge in [0.1, 0.15) is 0 Å². The Kier molecular flexibility index (Phi) is 2.35. The van der Waals surface area contributed by atoms with E-state index in [9.17, 15) is 5.11 Å². The predicted octanol–water partition coefficient (Wildman–Crippen LogP) is 3.42. The summed E-state index contributed by atoms with van der Waals surface area (Å²) in [5, 5.41) is 10.6. The summed E-state index contributed by atoms with van der Waals surface area (Å²) in [4.78, 5) is 0. The number of hydrogen-bond donors (Lipinski definition) is 1. The highest BCUT2D eigenvalue weighted by molar-refractivity contribution is 5.17. The zero-order valence-corrected chi connectivity index (χ0v) is 10.9. The molecule has 1 N–H and O–H groups in total. The lowest BCUT2D eigenvalue weighted by molar-refractivity contribution is -0.151. The summed E-state index contributed by atoms with van der Waals surface area (Å²) in [6, 6.07) is 10.9. The van der Waals surface area contributed by atoms with E-state index in [1.54, 1.807) is 0 Å². The van der Waals surface area contributed by atoms with Crippen LogP contribution >= 0.6 is 0 Å². The largest absolute Gasteiger partial charge is 0.390 e. The molecule has 2 atom stereocenters. The summed E-state index contributed by atoms with van der Waals surface area (Å²) >= 11 is 0. The molecule has 0 heterocycles. The van der Waals surface area contributed by atoms with Gasteiger partial charge in [0.25, 0.3) is 0 Å². The second-order valence-corrected chi connectivity index (χ2v) is 7.05. The van der Waals surface area contributed by atoms with E-state index in [4.69, 9.17) is 0 Å². The van der Waals surface area contributed by atoms with Gasteiger partial charge in [-0.2, -0.15) is 0 Å². The molecule has 0 radical (unpaired) electrons. The van der Waals surface area contributed by atoms with Gasteiger partial charge in [0, 0.05) is 0 Å². The number of rotatable bonds is 2. The standard InChI is InChI=1S/C17H22O/c18-17-9-13-6-14(10-17)16(15(7-13)11-17)8-12-4-2-1-3-5-12/h1-5,13-16,18H,6-11H2/t13?,14?,15?,16-,17+. The summed E-state index contributed by atoms with van der Waals surface area (Å²) in [5.41, 5.74) is 1.21. The fourth-order valence-corrected chi connectivity index (χ4v) is 5.31. The minimum absolute atomic E-state index is 0.274. The molecule has 18 heavy (non-hydrogen) atoms. The van der Waals surface area contributed by atoms with Gasteiger partial charge < -0.3 is 5.11 Å². The Morgan fingerprint density at radius 1 is 1.00 bits per heavy atom. The number of aliphatic hydroxyl groups is 1. The minimum Gasteiger partial charge on any atom is -0.390 e. The van der Waals surface area contributed by atoms with Crippen LogP contribution in [0.1, 0.15) is 37.7 Å². The van der Waals surface area contributed by atoms with Crippen molar-refractivity contribution in [3.63, 3.8) is 0 Å². The summed E-state index contributed by atoms with van der Waals surface area (Å²) < 4.78 is 0. The molecule has 2 unspecified atom stereocenters. The quantitative estimate of drug-likeness (QED) is 0.842. The summed E-state index contributed by atoms with van der Waals surface area (Å²) in [5.74, 6) is 3.26. The third kappa shape index (κ3) is 1.72. The van der Waals surface area contributed by atoms with Gasteiger partial charge >= 0.3 is 0 Å². The van der Waals surface area contributed by atoms with Gasteiger partial charge in [-0.1, -0.05) is 30.3 Å². The molecular weight excluding hydrogens is 220 g/mol. The smallest absolute Gasteiger partial charge is 0.0656 e. The average Bonchev–Trinajstić information content (AvgIpc) is 2.33. The fourth-order valence-electron chi connectivity index (χ4n) is 5.31. The molecule has 0 spiro atoms. The maximum absolute atomic E-state index is 10.6. The second-order valence-electron chi connectivity index (χ2n) is 7.05. The van der Waals surface area contributed by atoms with E-state index < -0.39 is 0 Å². The van der Waals surface area contributed by atoms with Gasteiger partial charge in [0.05, 0.1) is 5.60 Å². The fraction of sp³-hybridized carbons (Fsp3) is 0.647. The van der Waals surface area contributed by atoms with Gasteiger partial charge in [-0.25, -0.2) is 0 Å². The van der Waals surface area contributed by atoms with Crippen molar-refractivity contribution in [3.8, 4) is 0 Å². The molecular formula is C17H22O. The molecule has 1 aromatic rings. The van der Waals surface area contributed by atoms with E-state index in [0.29, 0.717) is 0 Å². The Labute approximate surface area is 109 Å². The highest BCUT2D eigenvalue weighted by Crippen LogP contribution is 2.58. The van der Waals surface area contributed by atoms with Crippen molar-refractivity contribution in [2.75, 3.05) is 0 Å². The molecule has 4 aliphatic rings. The molecule has 1 heteroatoms. The van der Waals surface area contributed by atoms with Crippen LogP contribution in [0.25, 0.3) is 0 Å². The third-order valence-corrected chi connectivity index (χ3v) is 5.75. The molecule has 0 aromatic heterocycles. The molecule has 1 nitrogen and oxygen atoms in total. The van der Waals surface area contributed by atoms with Crippen LogP contribution in [0.2, 0.25) is 0 Å². The number of benzene rings is 1. The molecule has 96 valence electrons. The zero-order chi connectivity index (χ0) is 12.2. The summed E-state index contributed by atoms with van der Waals surface area (Å²) in [6.07, 6.45) is 7.26. The highest BCUT2D eigenvalue weighted by atomic mass is 16.3. The topological polar surface area (TPSA) is 20.2 Å². The predicted molar refractivity (Wildman–Crippen MR) is 72.1 cm³/mol. The van der Waals surface area contributed by atoms with Gasteiger partial charge in [-0.3, -0.25) is 0 Å². The highest BCUT2D eigenvalue weighted by Gasteiger charge is 2.54. The van der Waals surface area contributed by atoms with Crippen molar-refractivity contribution in [3.05, 3.63) is 35.9 Å². The molecule has 4 bridgehead atoms. The lowest BCUT2D eigenvalue weighted by atomic mass is 9.49. The summed E-state index contributed by atoms with van der Waals surface area (Å²) in [6.45, 7) is 0. The number of hydrogen-bond acceptors (Lipinski definition) is 1. The van der Waals surface area contributed by atoms with E-state index in [1.807, 2.05) is 0 Å². The Balaban J connectivity index is 1.57. The van der Waals surface area contributed by atoms with Crippen molar-refractivity contribution >= 4 is 0 Å². The van der Waals surface area contributed by atoms with E-state index >= 15 is 0 Å². The van der Waals surface area contributed by atoms with Crippen molar-refractivity contribution < 1.29 is 5.11 Å². The molecule has 5 rings (SSSR count). The molecule has 4 fully saturated rings. The monoisotopic (exact) mass is 242 g/mol. The lowest BCUT2D eigenvalue weighted by Crippen LogP contribution is -2.55. The van der Waals surface area contributed by atoms with Crippen LogP contribution < -0.4 is 0 Å². The van der Waals surface area contributed by atoms with Gasteiger partial charge in [0.2, 0.25) is 0 Å². The zero-order valence-electron chi connectivity index (χ0n) is 10.9. The maximum Gasteiger partial charge on any atom is 0.0656 e. The summed E-state index contributed by atoms with van der Waals surface area (Å²) in [7, 11) is 0. The van der Waals surface area contributed by atoms with Gasteiger partial charge in [0.15, 0.2) is 0 Å². The Hall–Kier alpha value is -0.820. The Bertz CT molecular complexity index is 422. The van der Waals surface area contributed by atoms with Crippen LogP contribution in [0.5, 0.6) is 0 Å². The van der Waals surface area contributed by atoms with E-state index in [0.717, 1.165) is 42.9 Å². The first-order valence-electron chi connectivity index (χ1n) is 7.48. The van der Waals surface area contributed by atoms with E-state index in [1.165, 1.54) is 24.8 Å².